The highest BCUT2D eigenvalue weighted by Gasteiger charge is 2.28. The van der Waals surface area contributed by atoms with Crippen molar-refractivity contribution in [1.82, 2.24) is 19.4 Å². The van der Waals surface area contributed by atoms with E-state index in [2.05, 4.69) is 20.4 Å². The van der Waals surface area contributed by atoms with Crippen LogP contribution >= 0.6 is 0 Å². The van der Waals surface area contributed by atoms with Crippen LogP contribution in [0.15, 0.2) is 29.2 Å². The normalized spacial score (nSPS) is 20.0. The summed E-state index contributed by atoms with van der Waals surface area (Å²) >= 11 is 0. The Morgan fingerprint density at radius 2 is 1.59 bits per heavy atom. The predicted octanol–water partition coefficient (Wildman–Crippen LogP) is 1.72. The van der Waals surface area contributed by atoms with Gasteiger partial charge in [-0.1, -0.05) is 0 Å². The summed E-state index contributed by atoms with van der Waals surface area (Å²) in [7, 11) is -3.47. The molecule has 10 heteroatoms. The van der Waals surface area contributed by atoms with Crippen LogP contribution in [0, 0.1) is 0 Å². The summed E-state index contributed by atoms with van der Waals surface area (Å²) in [6, 6.07) is 6.06. The molecule has 0 bridgehead atoms. The SMILES string of the molecule is C[C@H](C(=O)Nc1ccc(S(=O)(=O)N2CCCC2)cc1)N1CCCN(CC(=O)NC(C)(C)C)CC1. The van der Waals surface area contributed by atoms with E-state index in [9.17, 15) is 18.0 Å². The molecule has 0 radical (unpaired) electrons. The van der Waals surface area contributed by atoms with Crippen molar-refractivity contribution in [3.05, 3.63) is 24.3 Å². The van der Waals surface area contributed by atoms with Crippen LogP contribution in [0.2, 0.25) is 0 Å². The zero-order valence-electron chi connectivity index (χ0n) is 20.8. The van der Waals surface area contributed by atoms with Gasteiger partial charge in [0.1, 0.15) is 0 Å². The molecule has 2 N–H and O–H groups in total. The van der Waals surface area contributed by atoms with Crippen LogP contribution in [-0.4, -0.2) is 91.7 Å². The van der Waals surface area contributed by atoms with Crippen molar-refractivity contribution in [3.8, 4) is 0 Å². The minimum atomic E-state index is -3.47. The number of benzene rings is 1. The maximum atomic E-state index is 12.9. The number of carbonyl (C=O) groups excluding carboxylic acids is 2. The second kappa shape index (κ2) is 11.2. The number of amides is 2. The third kappa shape index (κ3) is 7.24. The van der Waals surface area contributed by atoms with Crippen LogP contribution in [0.5, 0.6) is 0 Å². The summed E-state index contributed by atoms with van der Waals surface area (Å²) in [6.45, 7) is 12.3. The first kappa shape index (κ1) is 26.6. The molecule has 9 nitrogen and oxygen atoms in total. The number of sulfonamides is 1. The predicted molar refractivity (Wildman–Crippen MR) is 133 cm³/mol. The van der Waals surface area contributed by atoms with Gasteiger partial charge >= 0.3 is 0 Å². The summed E-state index contributed by atoms with van der Waals surface area (Å²) in [5, 5.41) is 5.91. The first-order valence-corrected chi connectivity index (χ1v) is 13.6. The molecule has 0 aliphatic carbocycles. The summed E-state index contributed by atoms with van der Waals surface area (Å²) in [5.41, 5.74) is 0.325. The first-order valence-electron chi connectivity index (χ1n) is 12.1. The number of carbonyl (C=O) groups is 2. The minimum Gasteiger partial charge on any atom is -0.350 e. The van der Waals surface area contributed by atoms with Crippen LogP contribution in [-0.2, 0) is 19.6 Å². The lowest BCUT2D eigenvalue weighted by Gasteiger charge is -2.27. The summed E-state index contributed by atoms with van der Waals surface area (Å²) in [5.74, 6) is -0.115. The average Bonchev–Trinajstić information content (AvgIpc) is 3.21. The third-order valence-electron chi connectivity index (χ3n) is 6.26. The van der Waals surface area contributed by atoms with E-state index in [0.29, 0.717) is 31.9 Å². The number of nitrogens with zero attached hydrogens (tertiary/aromatic N) is 3. The molecule has 0 spiro atoms. The number of anilines is 1. The first-order chi connectivity index (χ1) is 16.0. The molecule has 2 fully saturated rings. The Morgan fingerprint density at radius 1 is 0.941 bits per heavy atom. The smallest absolute Gasteiger partial charge is 0.243 e. The van der Waals surface area contributed by atoms with Crippen molar-refractivity contribution >= 4 is 27.5 Å². The van der Waals surface area contributed by atoms with Gasteiger partial charge in [0, 0.05) is 44.0 Å². The molecule has 0 aromatic heterocycles. The Kier molecular flexibility index (Phi) is 8.72. The van der Waals surface area contributed by atoms with Crippen LogP contribution in [0.1, 0.15) is 47.0 Å². The fraction of sp³-hybridized carbons (Fsp3) is 0.667. The van der Waals surface area contributed by atoms with E-state index >= 15 is 0 Å². The molecule has 2 aliphatic heterocycles. The summed E-state index contributed by atoms with van der Waals surface area (Å²) in [6.07, 6.45) is 2.66. The van der Waals surface area contributed by atoms with Gasteiger partial charge < -0.3 is 10.6 Å². The minimum absolute atomic E-state index is 0.0157. The van der Waals surface area contributed by atoms with Crippen molar-refractivity contribution in [2.75, 3.05) is 51.1 Å². The maximum absolute atomic E-state index is 12.9. The van der Waals surface area contributed by atoms with Gasteiger partial charge in [-0.25, -0.2) is 8.42 Å². The maximum Gasteiger partial charge on any atom is 0.243 e. The molecular weight excluding hydrogens is 454 g/mol. The molecule has 2 amide bonds. The standard InChI is InChI=1S/C24H39N5O4S/c1-19(28-13-7-12-27(16-17-28)18-22(30)26-24(2,3)4)23(31)25-20-8-10-21(11-9-20)34(32,33)29-14-5-6-15-29/h8-11,19H,5-7,12-18H2,1-4H3,(H,25,31)(H,26,30)/t19-/m1/s1. The Morgan fingerprint density at radius 3 is 2.21 bits per heavy atom. The van der Waals surface area contributed by atoms with Gasteiger partial charge in [0.25, 0.3) is 0 Å². The van der Waals surface area contributed by atoms with E-state index in [0.717, 1.165) is 38.9 Å². The van der Waals surface area contributed by atoms with Crippen molar-refractivity contribution in [3.63, 3.8) is 0 Å². The van der Waals surface area contributed by atoms with Gasteiger partial charge in [0.05, 0.1) is 17.5 Å². The zero-order valence-corrected chi connectivity index (χ0v) is 21.7. The highest BCUT2D eigenvalue weighted by atomic mass is 32.2. The van der Waals surface area contributed by atoms with Gasteiger partial charge in [-0.3, -0.25) is 19.4 Å². The van der Waals surface area contributed by atoms with Gasteiger partial charge in [-0.15, -0.1) is 0 Å². The molecule has 1 aromatic rings. The van der Waals surface area contributed by atoms with Crippen LogP contribution in [0.3, 0.4) is 0 Å². The lowest BCUT2D eigenvalue weighted by atomic mass is 10.1. The molecule has 1 atom stereocenters. The Balaban J connectivity index is 1.52. The van der Waals surface area contributed by atoms with Crippen LogP contribution in [0.4, 0.5) is 5.69 Å². The average molecular weight is 494 g/mol. The molecule has 2 aliphatic rings. The van der Waals surface area contributed by atoms with E-state index in [4.69, 9.17) is 0 Å². The van der Waals surface area contributed by atoms with Crippen LogP contribution < -0.4 is 10.6 Å². The largest absolute Gasteiger partial charge is 0.350 e. The van der Waals surface area contributed by atoms with Gasteiger partial charge in [0.2, 0.25) is 21.8 Å². The van der Waals surface area contributed by atoms with Crippen molar-refractivity contribution < 1.29 is 18.0 Å². The fourth-order valence-electron chi connectivity index (χ4n) is 4.40. The van der Waals surface area contributed by atoms with Crippen molar-refractivity contribution in [2.24, 2.45) is 0 Å². The third-order valence-corrected chi connectivity index (χ3v) is 8.17. The molecule has 34 heavy (non-hydrogen) atoms. The topological polar surface area (TPSA) is 102 Å². The lowest BCUT2D eigenvalue weighted by molar-refractivity contribution is -0.124. The second-order valence-electron chi connectivity index (χ2n) is 10.3. The Bertz CT molecular complexity index is 953. The molecular formula is C24H39N5O4S. The summed E-state index contributed by atoms with van der Waals surface area (Å²) in [4.78, 5) is 29.6. The monoisotopic (exact) mass is 493 g/mol. The van der Waals surface area contributed by atoms with Gasteiger partial charge in [-0.2, -0.15) is 4.31 Å². The highest BCUT2D eigenvalue weighted by Crippen LogP contribution is 2.22. The molecule has 2 heterocycles. The second-order valence-corrected chi connectivity index (χ2v) is 12.2. The molecule has 1 aromatic carbocycles. The number of hydrogen-bond acceptors (Lipinski definition) is 6. The quantitative estimate of drug-likeness (QED) is 0.600. The molecule has 190 valence electrons. The van der Waals surface area contributed by atoms with E-state index in [1.807, 2.05) is 27.7 Å². The van der Waals surface area contributed by atoms with Crippen LogP contribution in [0.25, 0.3) is 0 Å². The highest BCUT2D eigenvalue weighted by molar-refractivity contribution is 7.89. The Hall–Kier alpha value is -2.01. The van der Waals surface area contributed by atoms with E-state index in [1.54, 1.807) is 24.3 Å². The van der Waals surface area contributed by atoms with Gasteiger partial charge in [0.15, 0.2) is 0 Å². The lowest BCUT2D eigenvalue weighted by Crippen LogP contribution is -2.47. The van der Waals surface area contributed by atoms with E-state index < -0.39 is 10.0 Å². The molecule has 3 rings (SSSR count). The number of hydrogen-bond donors (Lipinski definition) is 2. The fourth-order valence-corrected chi connectivity index (χ4v) is 5.91. The van der Waals surface area contributed by atoms with E-state index in [1.165, 1.54) is 4.31 Å². The number of rotatable bonds is 7. The molecule has 2 saturated heterocycles. The van der Waals surface area contributed by atoms with Crippen molar-refractivity contribution in [2.45, 2.75) is 63.4 Å². The van der Waals surface area contributed by atoms with E-state index in [-0.39, 0.29) is 28.3 Å². The van der Waals surface area contributed by atoms with Crippen molar-refractivity contribution in [1.29, 1.82) is 0 Å². The molecule has 0 saturated carbocycles. The summed E-state index contributed by atoms with van der Waals surface area (Å²) < 4.78 is 26.9. The molecule has 0 unspecified atom stereocenters. The Labute approximate surface area is 203 Å². The number of nitrogens with one attached hydrogen (secondary N) is 2. The zero-order chi connectivity index (χ0) is 24.9. The van der Waals surface area contributed by atoms with Gasteiger partial charge in [-0.05, 0) is 77.8 Å².